The number of ether oxygens (including phenoxy) is 3. The summed E-state index contributed by atoms with van der Waals surface area (Å²) >= 11 is 0. The Kier molecular flexibility index (Phi) is 44.4. The van der Waals surface area contributed by atoms with Crippen molar-refractivity contribution in [2.75, 3.05) is 237 Å². The number of piperidine rings is 1. The van der Waals surface area contributed by atoms with Gasteiger partial charge in [-0.1, -0.05) is 178 Å². The second-order valence-corrected chi connectivity index (χ2v) is 32.2. The lowest BCUT2D eigenvalue weighted by Crippen LogP contribution is -2.46. The van der Waals surface area contributed by atoms with Crippen LogP contribution in [0.1, 0.15) is 126 Å². The van der Waals surface area contributed by atoms with Gasteiger partial charge in [-0.2, -0.15) is 0 Å². The Hall–Kier alpha value is -8.99. The van der Waals surface area contributed by atoms with Gasteiger partial charge in [-0.05, 0) is 227 Å². The molecule has 11 heterocycles. The zero-order valence-corrected chi connectivity index (χ0v) is 76.9. The van der Waals surface area contributed by atoms with Gasteiger partial charge < -0.3 is 63.6 Å². The number of hydrogen-bond donors (Lipinski definition) is 1. The molecule has 17 rings (SSSR count). The van der Waals surface area contributed by atoms with Gasteiger partial charge in [-0.25, -0.2) is 4.98 Å². The first kappa shape index (κ1) is 96.8. The molecule has 0 atom stereocenters. The largest absolute Gasteiger partial charge is 0.497 e. The number of piperazine rings is 4. The first-order valence-corrected chi connectivity index (χ1v) is 46.2. The van der Waals surface area contributed by atoms with Crippen molar-refractivity contribution in [3.8, 4) is 17.2 Å². The highest BCUT2D eigenvalue weighted by molar-refractivity contribution is 5.50. The van der Waals surface area contributed by atoms with Crippen LogP contribution >= 0.6 is 0 Å². The molecule has 0 amide bonds. The van der Waals surface area contributed by atoms with E-state index >= 15 is 0 Å². The van der Waals surface area contributed by atoms with E-state index in [1.165, 1.54) is 180 Å². The fourth-order valence-corrected chi connectivity index (χ4v) is 16.7. The van der Waals surface area contributed by atoms with Crippen LogP contribution in [0.3, 0.4) is 0 Å². The summed E-state index contributed by atoms with van der Waals surface area (Å²) in [4.78, 5) is 42.0. The maximum Gasteiger partial charge on any atom is 0.161 e. The summed E-state index contributed by atoms with van der Waals surface area (Å²) in [6.07, 6.45) is 15.5. The summed E-state index contributed by atoms with van der Waals surface area (Å²) in [7, 11) is 5.10. The van der Waals surface area contributed by atoms with Gasteiger partial charge in [-0.3, -0.25) is 24.7 Å². The topological polar surface area (TPSA) is 117 Å². The summed E-state index contributed by atoms with van der Waals surface area (Å²) in [5, 5.41) is 3.26. The molecular formula is C103H152N16O3. The van der Waals surface area contributed by atoms with E-state index in [4.69, 9.17) is 14.2 Å². The third-order valence-corrected chi connectivity index (χ3v) is 25.0. The van der Waals surface area contributed by atoms with Crippen LogP contribution < -0.4 is 39.1 Å². The smallest absolute Gasteiger partial charge is 0.161 e. The van der Waals surface area contributed by atoms with Crippen molar-refractivity contribution in [1.82, 2.24) is 59.5 Å². The van der Waals surface area contributed by atoms with Gasteiger partial charge in [0.25, 0.3) is 0 Å². The van der Waals surface area contributed by atoms with Crippen molar-refractivity contribution in [1.29, 1.82) is 0 Å². The lowest BCUT2D eigenvalue weighted by Gasteiger charge is -2.35. The molecule has 5 fully saturated rings. The number of nitrogens with one attached hydrogen (secondary N) is 1. The van der Waals surface area contributed by atoms with E-state index in [9.17, 15) is 0 Å². The number of anilines is 4. The van der Waals surface area contributed by atoms with Crippen LogP contribution in [0.4, 0.5) is 22.9 Å². The Morgan fingerprint density at radius 3 is 1.19 bits per heavy atom. The molecule has 0 aliphatic carbocycles. The van der Waals surface area contributed by atoms with E-state index in [-0.39, 0.29) is 0 Å². The lowest BCUT2D eigenvalue weighted by atomic mass is 9.89. The number of likely N-dealkylation sites (N-methyl/N-ethyl adjacent to an activating group) is 7. The first-order chi connectivity index (χ1) is 59.9. The van der Waals surface area contributed by atoms with Crippen LogP contribution in [0, 0.1) is 0 Å². The summed E-state index contributed by atoms with van der Waals surface area (Å²) in [6.45, 7) is 59.1. The van der Waals surface area contributed by atoms with Gasteiger partial charge >= 0.3 is 0 Å². The van der Waals surface area contributed by atoms with Crippen molar-refractivity contribution in [3.63, 3.8) is 0 Å². The summed E-state index contributed by atoms with van der Waals surface area (Å²) < 4.78 is 15.9. The molecule has 0 saturated carbocycles. The van der Waals surface area contributed by atoms with E-state index in [0.717, 1.165) is 160 Å². The van der Waals surface area contributed by atoms with E-state index < -0.39 is 0 Å². The third kappa shape index (κ3) is 32.9. The van der Waals surface area contributed by atoms with E-state index in [0.29, 0.717) is 0 Å². The fraction of sp³-hybridized carbons (Fsp3) is 0.505. The van der Waals surface area contributed by atoms with E-state index in [2.05, 4.69) is 311 Å². The highest BCUT2D eigenvalue weighted by Gasteiger charge is 2.24. The van der Waals surface area contributed by atoms with Crippen molar-refractivity contribution >= 4 is 22.9 Å². The van der Waals surface area contributed by atoms with Crippen LogP contribution in [0.25, 0.3) is 0 Å². The van der Waals surface area contributed by atoms with Crippen molar-refractivity contribution in [3.05, 3.63) is 264 Å². The van der Waals surface area contributed by atoms with Crippen LogP contribution in [0.15, 0.2) is 219 Å². The van der Waals surface area contributed by atoms with Crippen LogP contribution in [-0.4, -0.2) is 272 Å². The standard InChI is InChI=1S/C13H19NO2.C13H19N.C12H18N2.C12H17NO.3C11H17N3.C11H15N.C9H13N/c1-4-14-6-5-10-7-12(15-2)13(16-3)8-11(10)9-14;1-2-14-10-8-13(9-11-14)12-6-4-3-5-7-12;1-2-13-8-10-14(11-9-13)12-6-4-3-5-7-12;1-3-13-7-6-10-4-5-12(14-2)8-11(10)9-13;1-2-13-7-9-14(10-8-13)11-3-5-12-6-4-11;1-2-13-6-8-14(9-7-13)11-4-3-5-12-10-11;1-2-13-7-9-14(10-8-13)11-5-3-4-6-12-11;1-2-12-8-7-10-5-3-4-6-11(10)9-12;1-2-10-8-9-6-4-3-5-7-9/h7-8H,4-6,9H2,1-3H3;3-7,13H,2,8-11H2,1H3;3-7H,2,8-11H2,1H3;4-5,8H,3,6-7,9H2,1-2H3;3-6H,2,7-10H2,1H3;3-5,10H,2,6-9H2,1H3;3-6H,2,7-10H2,1H3;3-6H,2,7-9H2,1H3;3-7,10H,2,8H2,1H3. The maximum absolute atomic E-state index is 5.33. The molecule has 122 heavy (non-hydrogen) atoms. The number of methoxy groups -OCH3 is 3. The molecule has 6 aromatic carbocycles. The molecule has 3 aromatic heterocycles. The Labute approximate surface area is 737 Å². The van der Waals surface area contributed by atoms with Crippen molar-refractivity contribution in [2.45, 2.75) is 127 Å². The second kappa shape index (κ2) is 56.0. The molecule has 19 nitrogen and oxygen atoms in total. The van der Waals surface area contributed by atoms with Crippen LogP contribution in [-0.2, 0) is 45.4 Å². The molecular weight excluding hydrogens is 1510 g/mol. The average molecular weight is 1660 g/mol. The van der Waals surface area contributed by atoms with Crippen LogP contribution in [0.2, 0.25) is 0 Å². The first-order valence-electron chi connectivity index (χ1n) is 46.2. The molecule has 0 spiro atoms. The number of nitrogens with zero attached hydrogens (tertiary/aromatic N) is 15. The minimum Gasteiger partial charge on any atom is -0.497 e. The van der Waals surface area contributed by atoms with Gasteiger partial charge in [-0.15, -0.1) is 0 Å². The Morgan fingerprint density at radius 1 is 0.311 bits per heavy atom. The lowest BCUT2D eigenvalue weighted by molar-refractivity contribution is 0.222. The molecule has 0 radical (unpaired) electrons. The molecule has 9 aromatic rings. The van der Waals surface area contributed by atoms with Gasteiger partial charge in [0.1, 0.15) is 11.6 Å². The van der Waals surface area contributed by atoms with E-state index in [1.54, 1.807) is 26.9 Å². The second-order valence-electron chi connectivity index (χ2n) is 32.2. The molecule has 0 bridgehead atoms. The van der Waals surface area contributed by atoms with Crippen molar-refractivity contribution in [2.24, 2.45) is 0 Å². The Balaban J connectivity index is 0.000000156. The fourth-order valence-electron chi connectivity index (χ4n) is 16.7. The zero-order valence-electron chi connectivity index (χ0n) is 76.9. The number of fused-ring (bicyclic) bond motifs is 3. The molecule has 662 valence electrons. The third-order valence-electron chi connectivity index (χ3n) is 25.0. The van der Waals surface area contributed by atoms with E-state index in [1.807, 2.05) is 49.2 Å². The molecule has 1 N–H and O–H groups in total. The normalized spacial score (nSPS) is 17.2. The monoisotopic (exact) mass is 1660 g/mol. The number of benzene rings is 6. The zero-order chi connectivity index (χ0) is 86.1. The van der Waals surface area contributed by atoms with Crippen LogP contribution in [0.5, 0.6) is 17.2 Å². The minimum atomic E-state index is 0.805. The maximum atomic E-state index is 5.33. The highest BCUT2D eigenvalue weighted by Crippen LogP contribution is 2.34. The van der Waals surface area contributed by atoms with Gasteiger partial charge in [0, 0.05) is 187 Å². The van der Waals surface area contributed by atoms with Crippen molar-refractivity contribution < 1.29 is 14.2 Å². The highest BCUT2D eigenvalue weighted by atomic mass is 16.5. The number of aromatic nitrogens is 3. The Morgan fingerprint density at radius 2 is 0.721 bits per heavy atom. The predicted octanol–water partition coefficient (Wildman–Crippen LogP) is 16.4. The number of pyridine rings is 3. The minimum absolute atomic E-state index is 0.805. The summed E-state index contributed by atoms with van der Waals surface area (Å²) in [6, 6.07) is 65.9. The van der Waals surface area contributed by atoms with Gasteiger partial charge in [0.05, 0.1) is 33.2 Å². The SMILES string of the molecule is CCN1CCC(c2ccccc2)CC1.CCN1CCN(c2ccccc2)CC1.CCN1CCN(c2ccccn2)CC1.CCN1CCN(c2cccnc2)CC1.CCN1CCN(c2ccncc2)CC1.CCN1CCc2cc(OC)c(OC)cc2C1.CCN1CCc2ccc(OC)cc2C1.CCN1CCc2ccccc2C1.CCNCc1ccccc1. The predicted molar refractivity (Wildman–Crippen MR) is 514 cm³/mol. The quantitative estimate of drug-likeness (QED) is 0.0827. The average Bonchev–Trinajstić information content (AvgIpc) is 0.893. The summed E-state index contributed by atoms with van der Waals surface area (Å²) in [5.74, 6) is 4.56. The number of hydrogen-bond acceptors (Lipinski definition) is 19. The number of rotatable bonds is 19. The summed E-state index contributed by atoms with van der Waals surface area (Å²) in [5.41, 5.74) is 15.5. The van der Waals surface area contributed by atoms with Gasteiger partial charge in [0.15, 0.2) is 11.5 Å². The Bertz CT molecular complexity index is 3820. The molecule has 0 unspecified atom stereocenters. The molecule has 8 aliphatic heterocycles. The van der Waals surface area contributed by atoms with Gasteiger partial charge in [0.2, 0.25) is 0 Å². The molecule has 8 aliphatic rings. The number of likely N-dealkylation sites (tertiary alicyclic amines) is 1. The molecule has 5 saturated heterocycles. The molecule has 19 heteroatoms. The number of para-hydroxylation sites is 1.